The lowest BCUT2D eigenvalue weighted by molar-refractivity contribution is 0.340. The van der Waals surface area contributed by atoms with E-state index in [0.29, 0.717) is 6.04 Å². The summed E-state index contributed by atoms with van der Waals surface area (Å²) in [6.07, 6.45) is 4.03. The monoisotopic (exact) mass is 262 g/mol. The number of nitrogens with zero attached hydrogens (tertiary/aromatic N) is 3. The van der Waals surface area contributed by atoms with E-state index in [2.05, 4.69) is 15.6 Å². The lowest BCUT2D eigenvalue weighted by atomic mass is 10.1. The van der Waals surface area contributed by atoms with Crippen molar-refractivity contribution >= 4 is 11.6 Å². The second-order valence-electron chi connectivity index (χ2n) is 4.55. The minimum absolute atomic E-state index is 0.444. The Hall–Kier alpha value is -1.39. The lowest BCUT2D eigenvalue weighted by Gasteiger charge is -2.24. The van der Waals surface area contributed by atoms with Gasteiger partial charge in [0.1, 0.15) is 0 Å². The maximum absolute atomic E-state index is 5.92. The van der Waals surface area contributed by atoms with E-state index in [9.17, 15) is 0 Å². The summed E-state index contributed by atoms with van der Waals surface area (Å²) in [6.45, 7) is 2.09. The standard InChI is InChI=1S/C13H15ClN4/c14-11-3-1-10(2-4-11)13-9-16-17-18(13)12-5-7-15-8-6-12/h1-4,9,12,15H,5-8H2. The van der Waals surface area contributed by atoms with E-state index in [1.807, 2.05) is 35.1 Å². The number of benzene rings is 1. The quantitative estimate of drug-likeness (QED) is 0.904. The normalized spacial score (nSPS) is 16.9. The van der Waals surface area contributed by atoms with Crippen LogP contribution in [0.15, 0.2) is 30.5 Å². The van der Waals surface area contributed by atoms with Crippen LogP contribution in [0.1, 0.15) is 18.9 Å². The number of rotatable bonds is 2. The summed E-state index contributed by atoms with van der Waals surface area (Å²) in [6, 6.07) is 8.27. The molecule has 2 heterocycles. The third-order valence-electron chi connectivity index (χ3n) is 3.37. The second-order valence-corrected chi connectivity index (χ2v) is 4.99. The van der Waals surface area contributed by atoms with Crippen molar-refractivity contribution < 1.29 is 0 Å². The van der Waals surface area contributed by atoms with Gasteiger partial charge in [-0.05, 0) is 38.1 Å². The Morgan fingerprint density at radius 2 is 1.89 bits per heavy atom. The molecule has 0 saturated carbocycles. The summed E-state index contributed by atoms with van der Waals surface area (Å²) >= 11 is 5.92. The summed E-state index contributed by atoms with van der Waals surface area (Å²) in [4.78, 5) is 0. The summed E-state index contributed by atoms with van der Waals surface area (Å²) in [5, 5.41) is 12.4. The average Bonchev–Trinajstić information content (AvgIpc) is 2.90. The highest BCUT2D eigenvalue weighted by molar-refractivity contribution is 6.30. The molecule has 1 saturated heterocycles. The van der Waals surface area contributed by atoms with Crippen molar-refractivity contribution in [3.05, 3.63) is 35.5 Å². The van der Waals surface area contributed by atoms with Crippen molar-refractivity contribution in [3.63, 3.8) is 0 Å². The molecule has 0 bridgehead atoms. The van der Waals surface area contributed by atoms with Gasteiger partial charge < -0.3 is 5.32 Å². The first kappa shape index (κ1) is 11.7. The summed E-state index contributed by atoms with van der Waals surface area (Å²) < 4.78 is 2.05. The van der Waals surface area contributed by atoms with Crippen molar-refractivity contribution in [2.45, 2.75) is 18.9 Å². The van der Waals surface area contributed by atoms with Crippen LogP contribution < -0.4 is 5.32 Å². The van der Waals surface area contributed by atoms with E-state index in [0.717, 1.165) is 42.2 Å². The zero-order valence-corrected chi connectivity index (χ0v) is 10.8. The van der Waals surface area contributed by atoms with Gasteiger partial charge in [-0.2, -0.15) is 0 Å². The molecular weight excluding hydrogens is 248 g/mol. The van der Waals surface area contributed by atoms with Crippen LogP contribution in [-0.2, 0) is 0 Å². The molecule has 4 nitrogen and oxygen atoms in total. The molecule has 3 rings (SSSR count). The number of hydrogen-bond donors (Lipinski definition) is 1. The molecule has 1 aromatic heterocycles. The molecule has 0 unspecified atom stereocenters. The van der Waals surface area contributed by atoms with Gasteiger partial charge in [0.15, 0.2) is 0 Å². The molecule has 1 aromatic carbocycles. The van der Waals surface area contributed by atoms with Crippen LogP contribution in [0.2, 0.25) is 5.02 Å². The van der Waals surface area contributed by atoms with Crippen LogP contribution in [0.3, 0.4) is 0 Å². The number of nitrogens with one attached hydrogen (secondary N) is 1. The average molecular weight is 263 g/mol. The fourth-order valence-corrected chi connectivity index (χ4v) is 2.52. The number of aromatic nitrogens is 3. The minimum atomic E-state index is 0.444. The van der Waals surface area contributed by atoms with E-state index < -0.39 is 0 Å². The molecule has 0 amide bonds. The molecule has 0 radical (unpaired) electrons. The smallest absolute Gasteiger partial charge is 0.0888 e. The molecule has 1 N–H and O–H groups in total. The number of piperidine rings is 1. The van der Waals surface area contributed by atoms with Crippen molar-refractivity contribution in [2.75, 3.05) is 13.1 Å². The Balaban J connectivity index is 1.93. The molecule has 0 spiro atoms. The third kappa shape index (κ3) is 2.26. The highest BCUT2D eigenvalue weighted by Crippen LogP contribution is 2.26. The van der Waals surface area contributed by atoms with E-state index >= 15 is 0 Å². The molecule has 18 heavy (non-hydrogen) atoms. The largest absolute Gasteiger partial charge is 0.317 e. The van der Waals surface area contributed by atoms with Crippen LogP contribution in [0.4, 0.5) is 0 Å². The van der Waals surface area contributed by atoms with Crippen molar-refractivity contribution in [3.8, 4) is 11.3 Å². The molecule has 2 aromatic rings. The summed E-state index contributed by atoms with van der Waals surface area (Å²) in [5.41, 5.74) is 2.18. The van der Waals surface area contributed by atoms with Gasteiger partial charge in [0.25, 0.3) is 0 Å². The molecule has 1 aliphatic rings. The van der Waals surface area contributed by atoms with Crippen LogP contribution in [0.5, 0.6) is 0 Å². The van der Waals surface area contributed by atoms with Gasteiger partial charge in [0.05, 0.1) is 17.9 Å². The Morgan fingerprint density at radius 3 is 2.61 bits per heavy atom. The second kappa shape index (κ2) is 5.08. The molecule has 94 valence electrons. The fourth-order valence-electron chi connectivity index (χ4n) is 2.39. The maximum Gasteiger partial charge on any atom is 0.0888 e. The molecule has 5 heteroatoms. The van der Waals surface area contributed by atoms with Gasteiger partial charge >= 0.3 is 0 Å². The highest BCUT2D eigenvalue weighted by atomic mass is 35.5. The van der Waals surface area contributed by atoms with Crippen molar-refractivity contribution in [1.82, 2.24) is 20.3 Å². The van der Waals surface area contributed by atoms with Gasteiger partial charge in [0.2, 0.25) is 0 Å². The topological polar surface area (TPSA) is 42.7 Å². The Kier molecular flexibility index (Phi) is 3.30. The number of hydrogen-bond acceptors (Lipinski definition) is 3. The van der Waals surface area contributed by atoms with Gasteiger partial charge in [-0.1, -0.05) is 28.9 Å². The Bertz CT molecular complexity index is 514. The Morgan fingerprint density at radius 1 is 1.17 bits per heavy atom. The first-order valence-electron chi connectivity index (χ1n) is 6.21. The highest BCUT2D eigenvalue weighted by Gasteiger charge is 2.19. The van der Waals surface area contributed by atoms with Crippen molar-refractivity contribution in [2.24, 2.45) is 0 Å². The SMILES string of the molecule is Clc1ccc(-c2cnnn2C2CCNCC2)cc1. The van der Waals surface area contributed by atoms with Gasteiger partial charge in [0, 0.05) is 10.6 Å². The van der Waals surface area contributed by atoms with E-state index in [1.165, 1.54) is 0 Å². The van der Waals surface area contributed by atoms with Gasteiger partial charge in [-0.25, -0.2) is 4.68 Å². The fraction of sp³-hybridized carbons (Fsp3) is 0.385. The zero-order chi connectivity index (χ0) is 12.4. The van der Waals surface area contributed by atoms with Crippen LogP contribution >= 0.6 is 11.6 Å². The predicted molar refractivity (Wildman–Crippen MR) is 71.6 cm³/mol. The van der Waals surface area contributed by atoms with E-state index in [-0.39, 0.29) is 0 Å². The lowest BCUT2D eigenvalue weighted by Crippen LogP contribution is -2.30. The number of halogens is 1. The van der Waals surface area contributed by atoms with Crippen LogP contribution in [0.25, 0.3) is 11.3 Å². The van der Waals surface area contributed by atoms with Gasteiger partial charge in [-0.15, -0.1) is 5.10 Å². The summed E-state index contributed by atoms with van der Waals surface area (Å²) in [5.74, 6) is 0. The van der Waals surface area contributed by atoms with E-state index in [1.54, 1.807) is 0 Å². The predicted octanol–water partition coefficient (Wildman–Crippen LogP) is 2.52. The maximum atomic E-state index is 5.92. The van der Waals surface area contributed by atoms with Gasteiger partial charge in [-0.3, -0.25) is 0 Å². The zero-order valence-electron chi connectivity index (χ0n) is 10.0. The first-order chi connectivity index (χ1) is 8.84. The molecular formula is C13H15ClN4. The summed E-state index contributed by atoms with van der Waals surface area (Å²) in [7, 11) is 0. The van der Waals surface area contributed by atoms with Crippen LogP contribution in [0, 0.1) is 0 Å². The minimum Gasteiger partial charge on any atom is -0.317 e. The molecule has 1 fully saturated rings. The molecule has 0 atom stereocenters. The Labute approximate surface area is 111 Å². The van der Waals surface area contributed by atoms with E-state index in [4.69, 9.17) is 11.6 Å². The first-order valence-corrected chi connectivity index (χ1v) is 6.59. The third-order valence-corrected chi connectivity index (χ3v) is 3.62. The molecule has 0 aliphatic carbocycles. The van der Waals surface area contributed by atoms with Crippen LogP contribution in [-0.4, -0.2) is 28.1 Å². The van der Waals surface area contributed by atoms with Crippen molar-refractivity contribution in [1.29, 1.82) is 0 Å². The molecule has 1 aliphatic heterocycles.